The van der Waals surface area contributed by atoms with Gasteiger partial charge < -0.3 is 8.92 Å². The first-order chi connectivity index (χ1) is 9.56. The Morgan fingerprint density at radius 1 is 1.19 bits per heavy atom. The predicted octanol–water partition coefficient (Wildman–Crippen LogP) is 2.49. The molecule has 1 rings (SSSR count). The third kappa shape index (κ3) is 4.48. The van der Waals surface area contributed by atoms with Gasteiger partial charge in [-0.25, -0.2) is 0 Å². The van der Waals surface area contributed by atoms with Gasteiger partial charge in [0.05, 0.1) is 7.11 Å². The summed E-state index contributed by atoms with van der Waals surface area (Å²) in [7, 11) is -4.48. The molecule has 0 spiro atoms. The van der Waals surface area contributed by atoms with Gasteiger partial charge in [-0.3, -0.25) is 4.79 Å². The molecule has 0 saturated carbocycles. The Hall–Kier alpha value is -2.03. The van der Waals surface area contributed by atoms with Gasteiger partial charge in [0.1, 0.15) is 5.75 Å². The minimum Gasteiger partial charge on any atom is -0.497 e. The number of alkyl halides is 3. The second-order valence-electron chi connectivity index (χ2n) is 3.83. The summed E-state index contributed by atoms with van der Waals surface area (Å²) in [5, 5.41) is 0. The van der Waals surface area contributed by atoms with Crippen LogP contribution in [0.4, 0.5) is 13.2 Å². The molecule has 0 aliphatic heterocycles. The third-order valence-electron chi connectivity index (χ3n) is 2.19. The van der Waals surface area contributed by atoms with Gasteiger partial charge in [-0.05, 0) is 31.2 Å². The number of methoxy groups -OCH3 is 1. The first-order valence-electron chi connectivity index (χ1n) is 5.44. The van der Waals surface area contributed by atoms with Crippen LogP contribution in [0.5, 0.6) is 5.75 Å². The van der Waals surface area contributed by atoms with Gasteiger partial charge in [0.2, 0.25) is 0 Å². The summed E-state index contributed by atoms with van der Waals surface area (Å²) < 4.78 is 67.9. The van der Waals surface area contributed by atoms with E-state index in [1.54, 1.807) is 0 Å². The molecule has 0 N–H and O–H groups in total. The fourth-order valence-electron chi connectivity index (χ4n) is 1.26. The summed E-state index contributed by atoms with van der Waals surface area (Å²) in [5.41, 5.74) is -5.60. The first-order valence-corrected chi connectivity index (χ1v) is 6.85. The molecule has 0 heterocycles. The highest BCUT2D eigenvalue weighted by Gasteiger charge is 2.49. The summed E-state index contributed by atoms with van der Waals surface area (Å²) >= 11 is 0. The molecular weight excluding hydrogens is 313 g/mol. The zero-order chi connectivity index (χ0) is 16.3. The normalized spacial score (nSPS) is 12.9. The number of carbonyl (C=O) groups is 1. The van der Waals surface area contributed by atoms with Crippen molar-refractivity contribution < 1.29 is 35.3 Å². The van der Waals surface area contributed by atoms with Crippen LogP contribution >= 0.6 is 0 Å². The monoisotopic (exact) mass is 324 g/mol. The predicted molar refractivity (Wildman–Crippen MR) is 67.7 cm³/mol. The summed E-state index contributed by atoms with van der Waals surface area (Å²) in [6, 6.07) is 5.29. The van der Waals surface area contributed by atoms with Gasteiger partial charge in [0, 0.05) is 11.6 Å². The quantitative estimate of drug-likeness (QED) is 0.360. The largest absolute Gasteiger partial charge is 0.534 e. The lowest BCUT2D eigenvalue weighted by Gasteiger charge is -2.12. The topological polar surface area (TPSA) is 69.7 Å². The van der Waals surface area contributed by atoms with Crippen LogP contribution in [0.25, 0.3) is 5.76 Å². The van der Waals surface area contributed by atoms with Crippen LogP contribution < -0.4 is 4.74 Å². The number of benzene rings is 1. The molecule has 0 atom stereocenters. The fraction of sp³-hybridized carbons (Fsp3) is 0.250. The maximum atomic E-state index is 12.3. The summed E-state index contributed by atoms with van der Waals surface area (Å²) in [5.74, 6) is -0.986. The maximum absolute atomic E-state index is 12.3. The van der Waals surface area contributed by atoms with Crippen molar-refractivity contribution in [1.29, 1.82) is 0 Å². The Kier molecular flexibility index (Phi) is 5.00. The number of carbonyl (C=O) groups excluding carboxylic acids is 1. The number of ketones is 1. The number of ether oxygens (including phenoxy) is 1. The van der Waals surface area contributed by atoms with Crippen LogP contribution in [0, 0.1) is 0 Å². The van der Waals surface area contributed by atoms with Crippen molar-refractivity contribution >= 4 is 21.7 Å². The average Bonchev–Trinajstić information content (AvgIpc) is 2.36. The van der Waals surface area contributed by atoms with Gasteiger partial charge in [-0.15, -0.1) is 0 Å². The van der Waals surface area contributed by atoms with E-state index in [-0.39, 0.29) is 5.56 Å². The highest BCUT2D eigenvalue weighted by atomic mass is 32.2. The van der Waals surface area contributed by atoms with Gasteiger partial charge in [-0.2, -0.15) is 21.6 Å². The molecule has 0 bridgehead atoms. The Balaban J connectivity index is 3.22. The fourth-order valence-corrected chi connectivity index (χ4v) is 1.74. The molecule has 0 unspecified atom stereocenters. The van der Waals surface area contributed by atoms with Crippen molar-refractivity contribution in [2.45, 2.75) is 12.4 Å². The van der Waals surface area contributed by atoms with Crippen molar-refractivity contribution in [2.24, 2.45) is 0 Å². The van der Waals surface area contributed by atoms with Crippen molar-refractivity contribution in [3.8, 4) is 5.75 Å². The first kappa shape index (κ1) is 17.0. The summed E-state index contributed by atoms with van der Waals surface area (Å²) in [6.45, 7) is 1.05. The molecule has 0 radical (unpaired) electrons. The van der Waals surface area contributed by atoms with Gasteiger partial charge >= 0.3 is 15.6 Å². The zero-order valence-electron chi connectivity index (χ0n) is 11.0. The number of rotatable bonds is 5. The van der Waals surface area contributed by atoms with Crippen LogP contribution in [0.2, 0.25) is 0 Å². The molecule has 21 heavy (non-hydrogen) atoms. The summed E-state index contributed by atoms with van der Waals surface area (Å²) in [6.07, 6.45) is 0.658. The SMILES string of the molecule is COc1ccc(/C(=C/C(C)=O)OS(=O)(=O)C(F)(F)F)cc1. The molecule has 0 aliphatic rings. The van der Waals surface area contributed by atoms with Crippen LogP contribution in [0.15, 0.2) is 30.3 Å². The minimum absolute atomic E-state index is 0.0150. The molecule has 0 fully saturated rings. The second-order valence-corrected chi connectivity index (χ2v) is 5.37. The highest BCUT2D eigenvalue weighted by molar-refractivity contribution is 7.87. The lowest BCUT2D eigenvalue weighted by Crippen LogP contribution is -2.25. The number of hydrogen-bond acceptors (Lipinski definition) is 5. The second kappa shape index (κ2) is 6.17. The smallest absolute Gasteiger partial charge is 0.497 e. The Bertz CT molecular complexity index is 644. The Morgan fingerprint density at radius 2 is 1.71 bits per heavy atom. The number of allylic oxidation sites excluding steroid dienone is 1. The minimum atomic E-state index is -5.86. The van der Waals surface area contributed by atoms with Crippen LogP contribution in [0.1, 0.15) is 12.5 Å². The lowest BCUT2D eigenvalue weighted by molar-refractivity contribution is -0.112. The van der Waals surface area contributed by atoms with Crippen molar-refractivity contribution in [3.63, 3.8) is 0 Å². The molecule has 0 amide bonds. The molecule has 1 aromatic rings. The van der Waals surface area contributed by atoms with E-state index in [0.29, 0.717) is 11.8 Å². The standard InChI is InChI=1S/C12H11F3O5S/c1-8(16)7-11(20-21(17,18)12(13,14)15)9-3-5-10(19-2)6-4-9/h3-7H,1-2H3/b11-7-. The van der Waals surface area contributed by atoms with Crippen molar-refractivity contribution in [2.75, 3.05) is 7.11 Å². The molecular formula is C12H11F3O5S. The maximum Gasteiger partial charge on any atom is 0.534 e. The van der Waals surface area contributed by atoms with E-state index in [0.717, 1.165) is 6.92 Å². The van der Waals surface area contributed by atoms with Crippen molar-refractivity contribution in [1.82, 2.24) is 0 Å². The molecule has 0 aromatic heterocycles. The van der Waals surface area contributed by atoms with E-state index in [1.165, 1.54) is 31.4 Å². The summed E-state index contributed by atoms with van der Waals surface area (Å²) in [4.78, 5) is 11.0. The average molecular weight is 324 g/mol. The molecule has 0 saturated heterocycles. The number of halogens is 3. The van der Waals surface area contributed by atoms with E-state index in [1.807, 2.05) is 0 Å². The molecule has 0 aliphatic carbocycles. The van der Waals surface area contributed by atoms with E-state index in [9.17, 15) is 26.4 Å². The van der Waals surface area contributed by atoms with Gasteiger partial charge in [0.25, 0.3) is 0 Å². The van der Waals surface area contributed by atoms with Gasteiger partial charge in [0.15, 0.2) is 11.5 Å². The van der Waals surface area contributed by atoms with Crippen molar-refractivity contribution in [3.05, 3.63) is 35.9 Å². The Morgan fingerprint density at radius 3 is 2.10 bits per heavy atom. The number of hydrogen-bond donors (Lipinski definition) is 0. The molecule has 5 nitrogen and oxygen atoms in total. The molecule has 116 valence electrons. The van der Waals surface area contributed by atoms with Crippen LogP contribution in [-0.2, 0) is 19.1 Å². The third-order valence-corrected chi connectivity index (χ3v) is 3.16. The molecule has 9 heteroatoms. The van der Waals surface area contributed by atoms with E-state index in [2.05, 4.69) is 4.18 Å². The van der Waals surface area contributed by atoms with E-state index >= 15 is 0 Å². The lowest BCUT2D eigenvalue weighted by atomic mass is 10.1. The van der Waals surface area contributed by atoms with Gasteiger partial charge in [-0.1, -0.05) is 0 Å². The molecule has 1 aromatic carbocycles. The van der Waals surface area contributed by atoms with Crippen LogP contribution in [-0.4, -0.2) is 26.8 Å². The Labute approximate surface area is 119 Å². The highest BCUT2D eigenvalue weighted by Crippen LogP contribution is 2.30. The van der Waals surface area contributed by atoms with E-state index in [4.69, 9.17) is 4.74 Å². The van der Waals surface area contributed by atoms with Crippen LogP contribution in [0.3, 0.4) is 0 Å². The zero-order valence-corrected chi connectivity index (χ0v) is 11.8. The van der Waals surface area contributed by atoms with E-state index < -0.39 is 27.2 Å².